The van der Waals surface area contributed by atoms with E-state index in [1.54, 1.807) is 10.6 Å². The predicted octanol–water partition coefficient (Wildman–Crippen LogP) is 3.93. The van der Waals surface area contributed by atoms with Crippen LogP contribution >= 0.6 is 11.8 Å². The fourth-order valence-electron chi connectivity index (χ4n) is 2.85. The third-order valence-electron chi connectivity index (χ3n) is 4.25. The van der Waals surface area contributed by atoms with E-state index in [0.717, 1.165) is 17.7 Å². The molecule has 0 unspecified atom stereocenters. The number of thioether (sulfide) groups is 1. The number of aromatic nitrogens is 4. The topological polar surface area (TPSA) is 73.8 Å². The summed E-state index contributed by atoms with van der Waals surface area (Å²) in [6.45, 7) is 3.96. The number of fused-ring (bicyclic) bond motifs is 1. The number of benzene rings is 2. The van der Waals surface area contributed by atoms with Gasteiger partial charge in [-0.15, -0.1) is 0 Å². The molecule has 0 aliphatic carbocycles. The lowest BCUT2D eigenvalue weighted by molar-refractivity contribution is 0.385. The zero-order chi connectivity index (χ0) is 18.8. The maximum Gasteiger partial charge on any atom is 0.266 e. The number of aryl methyl sites for hydroxylation is 2. The summed E-state index contributed by atoms with van der Waals surface area (Å²) in [5.74, 6) is 1.65. The second-order valence-electron chi connectivity index (χ2n) is 6.09. The summed E-state index contributed by atoms with van der Waals surface area (Å²) in [4.78, 5) is 22.3. The minimum atomic E-state index is -0.0859. The third-order valence-corrected chi connectivity index (χ3v) is 5.18. The minimum Gasteiger partial charge on any atom is -0.338 e. The molecule has 0 aliphatic heterocycles. The standard InChI is InChI=1S/C20H18N4O2S/c1-3-17-22-18(26-23-17)12-27-20-21-15-10-6-5-9-14(15)19(25)24(20)16-11-7-4-8-13(16)2/h4-11H,3,12H2,1-2H3. The van der Waals surface area contributed by atoms with Crippen molar-refractivity contribution >= 4 is 22.7 Å². The second kappa shape index (κ2) is 7.36. The Balaban J connectivity index is 1.83. The Hall–Kier alpha value is -2.93. The van der Waals surface area contributed by atoms with Gasteiger partial charge in [-0.05, 0) is 30.7 Å². The first-order valence-electron chi connectivity index (χ1n) is 8.69. The molecule has 0 aliphatic rings. The van der Waals surface area contributed by atoms with Gasteiger partial charge in [0.05, 0.1) is 22.3 Å². The Morgan fingerprint density at radius 3 is 2.63 bits per heavy atom. The molecule has 0 radical (unpaired) electrons. The molecule has 0 saturated heterocycles. The van der Waals surface area contributed by atoms with Crippen LogP contribution in [0.5, 0.6) is 0 Å². The van der Waals surface area contributed by atoms with E-state index in [1.165, 1.54) is 11.8 Å². The number of hydrogen-bond donors (Lipinski definition) is 0. The fourth-order valence-corrected chi connectivity index (χ4v) is 3.70. The van der Waals surface area contributed by atoms with Crippen LogP contribution in [-0.4, -0.2) is 19.7 Å². The van der Waals surface area contributed by atoms with Crippen LogP contribution < -0.4 is 5.56 Å². The third kappa shape index (κ3) is 3.38. The molecule has 27 heavy (non-hydrogen) atoms. The molecule has 4 aromatic rings. The van der Waals surface area contributed by atoms with Crippen LogP contribution in [-0.2, 0) is 12.2 Å². The smallest absolute Gasteiger partial charge is 0.266 e. The lowest BCUT2D eigenvalue weighted by Gasteiger charge is -2.14. The quantitative estimate of drug-likeness (QED) is 0.387. The van der Waals surface area contributed by atoms with Crippen LogP contribution in [0.3, 0.4) is 0 Å². The van der Waals surface area contributed by atoms with Crippen molar-refractivity contribution in [2.24, 2.45) is 0 Å². The molecule has 0 amide bonds. The Morgan fingerprint density at radius 1 is 1.07 bits per heavy atom. The molecular formula is C20H18N4O2S. The van der Waals surface area contributed by atoms with Gasteiger partial charge in [-0.1, -0.05) is 54.2 Å². The first-order chi connectivity index (χ1) is 13.2. The van der Waals surface area contributed by atoms with Crippen molar-refractivity contribution < 1.29 is 4.52 Å². The molecule has 0 spiro atoms. The highest BCUT2D eigenvalue weighted by Gasteiger charge is 2.16. The van der Waals surface area contributed by atoms with Crippen LogP contribution in [0.2, 0.25) is 0 Å². The van der Waals surface area contributed by atoms with Crippen molar-refractivity contribution in [1.29, 1.82) is 0 Å². The highest BCUT2D eigenvalue weighted by molar-refractivity contribution is 7.98. The lowest BCUT2D eigenvalue weighted by atomic mass is 10.2. The van der Waals surface area contributed by atoms with Gasteiger partial charge in [-0.3, -0.25) is 9.36 Å². The van der Waals surface area contributed by atoms with Crippen LogP contribution in [0.15, 0.2) is 63.0 Å². The highest BCUT2D eigenvalue weighted by Crippen LogP contribution is 2.25. The average Bonchev–Trinajstić information content (AvgIpc) is 3.16. The molecule has 7 heteroatoms. The van der Waals surface area contributed by atoms with E-state index < -0.39 is 0 Å². The van der Waals surface area contributed by atoms with Gasteiger partial charge in [-0.2, -0.15) is 4.98 Å². The number of rotatable bonds is 5. The van der Waals surface area contributed by atoms with Crippen LogP contribution in [0, 0.1) is 6.92 Å². The van der Waals surface area contributed by atoms with Crippen molar-refractivity contribution in [3.63, 3.8) is 0 Å². The molecular weight excluding hydrogens is 360 g/mol. The summed E-state index contributed by atoms with van der Waals surface area (Å²) in [7, 11) is 0. The van der Waals surface area contributed by atoms with Crippen molar-refractivity contribution in [3.05, 3.63) is 76.2 Å². The Kier molecular flexibility index (Phi) is 4.77. The predicted molar refractivity (Wildman–Crippen MR) is 105 cm³/mol. The summed E-state index contributed by atoms with van der Waals surface area (Å²) >= 11 is 1.41. The maximum absolute atomic E-state index is 13.2. The molecule has 0 atom stereocenters. The van der Waals surface area contributed by atoms with Crippen molar-refractivity contribution in [2.75, 3.05) is 0 Å². The van der Waals surface area contributed by atoms with Crippen molar-refractivity contribution in [2.45, 2.75) is 31.2 Å². The van der Waals surface area contributed by atoms with Crippen LogP contribution in [0.25, 0.3) is 16.6 Å². The number of para-hydroxylation sites is 2. The molecule has 0 saturated carbocycles. The minimum absolute atomic E-state index is 0.0859. The summed E-state index contributed by atoms with van der Waals surface area (Å²) in [6, 6.07) is 15.2. The second-order valence-corrected chi connectivity index (χ2v) is 7.03. The van der Waals surface area contributed by atoms with E-state index >= 15 is 0 Å². The highest BCUT2D eigenvalue weighted by atomic mass is 32.2. The molecule has 4 rings (SSSR count). The largest absolute Gasteiger partial charge is 0.338 e. The summed E-state index contributed by atoms with van der Waals surface area (Å²) in [6.07, 6.45) is 0.719. The zero-order valence-electron chi connectivity index (χ0n) is 15.0. The molecule has 0 bridgehead atoms. The fraction of sp³-hybridized carbons (Fsp3) is 0.200. The zero-order valence-corrected chi connectivity index (χ0v) is 15.9. The monoisotopic (exact) mass is 378 g/mol. The lowest BCUT2D eigenvalue weighted by Crippen LogP contribution is -2.22. The molecule has 0 fully saturated rings. The SMILES string of the molecule is CCc1noc(CSc2nc3ccccc3c(=O)n2-c2ccccc2C)n1. The molecule has 136 valence electrons. The van der Waals surface area contributed by atoms with Gasteiger partial charge in [-0.25, -0.2) is 4.98 Å². The van der Waals surface area contributed by atoms with E-state index in [9.17, 15) is 4.79 Å². The molecule has 2 heterocycles. The molecule has 0 N–H and O–H groups in total. The first kappa shape index (κ1) is 17.5. The van der Waals surface area contributed by atoms with E-state index in [4.69, 9.17) is 9.51 Å². The summed E-state index contributed by atoms with van der Waals surface area (Å²) < 4.78 is 6.93. The first-order valence-corrected chi connectivity index (χ1v) is 9.68. The van der Waals surface area contributed by atoms with Gasteiger partial charge in [0.25, 0.3) is 5.56 Å². The van der Waals surface area contributed by atoms with E-state index in [2.05, 4.69) is 10.1 Å². The van der Waals surface area contributed by atoms with Gasteiger partial charge in [0.15, 0.2) is 11.0 Å². The molecule has 2 aromatic carbocycles. The van der Waals surface area contributed by atoms with Gasteiger partial charge in [0.1, 0.15) is 0 Å². The van der Waals surface area contributed by atoms with Crippen molar-refractivity contribution in [3.8, 4) is 5.69 Å². The normalized spacial score (nSPS) is 11.2. The van der Waals surface area contributed by atoms with Gasteiger partial charge in [0, 0.05) is 6.42 Å². The van der Waals surface area contributed by atoms with Gasteiger partial charge < -0.3 is 4.52 Å². The Labute approximate surface area is 160 Å². The number of nitrogens with zero attached hydrogens (tertiary/aromatic N) is 4. The average molecular weight is 378 g/mol. The number of hydrogen-bond acceptors (Lipinski definition) is 6. The Bertz CT molecular complexity index is 1170. The maximum atomic E-state index is 13.2. The summed E-state index contributed by atoms with van der Waals surface area (Å²) in [5, 5.41) is 5.12. The van der Waals surface area contributed by atoms with E-state index in [1.807, 2.05) is 56.3 Å². The Morgan fingerprint density at radius 2 is 1.85 bits per heavy atom. The summed E-state index contributed by atoms with van der Waals surface area (Å²) in [5.41, 5.74) is 2.42. The van der Waals surface area contributed by atoms with Gasteiger partial charge >= 0.3 is 0 Å². The van der Waals surface area contributed by atoms with Crippen LogP contribution in [0.1, 0.15) is 24.2 Å². The van der Waals surface area contributed by atoms with Crippen molar-refractivity contribution in [1.82, 2.24) is 19.7 Å². The molecule has 6 nitrogen and oxygen atoms in total. The van der Waals surface area contributed by atoms with E-state index in [0.29, 0.717) is 33.5 Å². The van der Waals surface area contributed by atoms with Crippen LogP contribution in [0.4, 0.5) is 0 Å². The molecule has 2 aromatic heterocycles. The van der Waals surface area contributed by atoms with Gasteiger partial charge in [0.2, 0.25) is 5.89 Å². The van der Waals surface area contributed by atoms with E-state index in [-0.39, 0.29) is 5.56 Å².